The average molecular weight is 329 g/mol. The number of aldehydes is 1. The zero-order valence-corrected chi connectivity index (χ0v) is 12.3. The van der Waals surface area contributed by atoms with Gasteiger partial charge in [-0.15, -0.1) is 0 Å². The lowest BCUT2D eigenvalue weighted by Gasteiger charge is -2.01. The Morgan fingerprint density at radius 3 is 2.45 bits per heavy atom. The molecule has 2 nitrogen and oxygen atoms in total. The van der Waals surface area contributed by atoms with Gasteiger partial charge in [-0.2, -0.15) is 0 Å². The molecule has 0 saturated carbocycles. The number of halogens is 1. The Morgan fingerprint density at radius 2 is 1.75 bits per heavy atom. The van der Waals surface area contributed by atoms with Gasteiger partial charge < -0.3 is 4.79 Å². The molecule has 100 valence electrons. The van der Waals surface area contributed by atoms with Crippen LogP contribution in [0.3, 0.4) is 0 Å². The lowest BCUT2D eigenvalue weighted by Crippen LogP contribution is -1.94. The predicted molar refractivity (Wildman–Crippen MR) is 83.7 cm³/mol. The van der Waals surface area contributed by atoms with Gasteiger partial charge in [-0.3, -0.25) is 4.79 Å². The van der Waals surface area contributed by atoms with Gasteiger partial charge in [0.05, 0.1) is 0 Å². The van der Waals surface area contributed by atoms with Crippen LogP contribution >= 0.6 is 15.9 Å². The van der Waals surface area contributed by atoms with Crippen LogP contribution in [0.4, 0.5) is 0 Å². The Bertz CT molecular complexity index is 642. The summed E-state index contributed by atoms with van der Waals surface area (Å²) in [7, 11) is 0. The van der Waals surface area contributed by atoms with Crippen LogP contribution in [-0.4, -0.2) is 12.1 Å². The molecule has 0 unspecified atom stereocenters. The molecule has 0 aliphatic heterocycles. The van der Waals surface area contributed by atoms with E-state index in [2.05, 4.69) is 15.9 Å². The van der Waals surface area contributed by atoms with E-state index in [-0.39, 0.29) is 5.78 Å². The van der Waals surface area contributed by atoms with Crippen LogP contribution in [0.15, 0.2) is 59.1 Å². The summed E-state index contributed by atoms with van der Waals surface area (Å²) in [6.45, 7) is 0. The summed E-state index contributed by atoms with van der Waals surface area (Å²) in [5.41, 5.74) is 2.45. The minimum atomic E-state index is -0.0570. The second kappa shape index (κ2) is 6.96. The Labute approximate surface area is 126 Å². The van der Waals surface area contributed by atoms with E-state index in [1.807, 2.05) is 36.4 Å². The molecule has 0 N–H and O–H groups in total. The number of carbonyl (C=O) groups is 2. The maximum absolute atomic E-state index is 12.0. The zero-order valence-electron chi connectivity index (χ0n) is 10.8. The highest BCUT2D eigenvalue weighted by molar-refractivity contribution is 9.10. The number of benzene rings is 2. The standard InChI is InChI=1S/C17H13BrO2/c18-16-8-5-15(6-9-16)17(20)10-7-13-3-1-2-4-14(13)11-12-19/h1-10,12H,11H2/b10-7+. The molecule has 0 radical (unpaired) electrons. The summed E-state index contributed by atoms with van der Waals surface area (Å²) in [6.07, 6.45) is 4.51. The Balaban J connectivity index is 2.18. The molecule has 0 aliphatic rings. The first-order valence-corrected chi connectivity index (χ1v) is 6.99. The zero-order chi connectivity index (χ0) is 14.4. The van der Waals surface area contributed by atoms with Crippen molar-refractivity contribution in [2.24, 2.45) is 0 Å². The summed E-state index contributed by atoms with van der Waals surface area (Å²) in [4.78, 5) is 22.6. The van der Waals surface area contributed by atoms with Crippen LogP contribution in [0.5, 0.6) is 0 Å². The van der Waals surface area contributed by atoms with Gasteiger partial charge in [0, 0.05) is 16.5 Å². The topological polar surface area (TPSA) is 34.1 Å². The number of rotatable bonds is 5. The van der Waals surface area contributed by atoms with Crippen LogP contribution < -0.4 is 0 Å². The highest BCUT2D eigenvalue weighted by Gasteiger charge is 2.02. The van der Waals surface area contributed by atoms with Crippen LogP contribution in [0.25, 0.3) is 6.08 Å². The molecule has 0 aliphatic carbocycles. The van der Waals surface area contributed by atoms with Crippen molar-refractivity contribution in [3.8, 4) is 0 Å². The molecule has 0 amide bonds. The van der Waals surface area contributed by atoms with Gasteiger partial charge in [-0.1, -0.05) is 46.3 Å². The Hall–Kier alpha value is -2.00. The SMILES string of the molecule is O=CCc1ccccc1/C=C/C(=O)c1ccc(Br)cc1. The monoisotopic (exact) mass is 328 g/mol. The maximum Gasteiger partial charge on any atom is 0.185 e. The van der Waals surface area contributed by atoms with Crippen molar-refractivity contribution in [2.45, 2.75) is 6.42 Å². The van der Waals surface area contributed by atoms with Gasteiger partial charge in [0.15, 0.2) is 5.78 Å². The quantitative estimate of drug-likeness (QED) is 0.470. The van der Waals surface area contributed by atoms with Gasteiger partial charge in [-0.05, 0) is 41.5 Å². The molecule has 2 rings (SSSR count). The van der Waals surface area contributed by atoms with E-state index in [1.54, 1.807) is 18.2 Å². The molecule has 2 aromatic rings. The lowest BCUT2D eigenvalue weighted by molar-refractivity contribution is -0.107. The van der Waals surface area contributed by atoms with E-state index in [1.165, 1.54) is 6.08 Å². The van der Waals surface area contributed by atoms with Gasteiger partial charge >= 0.3 is 0 Å². The van der Waals surface area contributed by atoms with Gasteiger partial charge in [0.2, 0.25) is 0 Å². The first-order chi connectivity index (χ1) is 9.70. The minimum absolute atomic E-state index is 0.0570. The minimum Gasteiger partial charge on any atom is -0.303 e. The van der Waals surface area contributed by atoms with E-state index >= 15 is 0 Å². The predicted octanol–water partition coefficient (Wildman–Crippen LogP) is 4.09. The Kier molecular flexibility index (Phi) is 5.02. The third-order valence-corrected chi connectivity index (χ3v) is 3.43. The van der Waals surface area contributed by atoms with Crippen LogP contribution in [0, 0.1) is 0 Å². The lowest BCUT2D eigenvalue weighted by atomic mass is 10.0. The summed E-state index contributed by atoms with van der Waals surface area (Å²) in [5.74, 6) is -0.0570. The number of carbonyl (C=O) groups excluding carboxylic acids is 2. The van der Waals surface area contributed by atoms with E-state index < -0.39 is 0 Å². The number of ketones is 1. The molecular weight excluding hydrogens is 316 g/mol. The van der Waals surface area contributed by atoms with E-state index in [9.17, 15) is 9.59 Å². The van der Waals surface area contributed by atoms with E-state index in [4.69, 9.17) is 0 Å². The van der Waals surface area contributed by atoms with Crippen molar-refractivity contribution < 1.29 is 9.59 Å². The van der Waals surface area contributed by atoms with E-state index in [0.717, 1.165) is 21.9 Å². The number of allylic oxidation sites excluding steroid dienone is 1. The maximum atomic E-state index is 12.0. The largest absolute Gasteiger partial charge is 0.303 e. The second-order valence-corrected chi connectivity index (χ2v) is 5.19. The van der Waals surface area contributed by atoms with Crippen molar-refractivity contribution in [1.82, 2.24) is 0 Å². The molecule has 0 atom stereocenters. The molecule has 20 heavy (non-hydrogen) atoms. The highest BCUT2D eigenvalue weighted by Crippen LogP contribution is 2.14. The van der Waals surface area contributed by atoms with Crippen LogP contribution in [0.2, 0.25) is 0 Å². The third-order valence-electron chi connectivity index (χ3n) is 2.90. The van der Waals surface area contributed by atoms with Gasteiger partial charge in [-0.25, -0.2) is 0 Å². The van der Waals surface area contributed by atoms with Crippen LogP contribution in [-0.2, 0) is 11.2 Å². The molecule has 2 aromatic carbocycles. The average Bonchev–Trinajstić information content (AvgIpc) is 2.47. The number of hydrogen-bond donors (Lipinski definition) is 0. The molecule has 0 heterocycles. The highest BCUT2D eigenvalue weighted by atomic mass is 79.9. The number of hydrogen-bond acceptors (Lipinski definition) is 2. The van der Waals surface area contributed by atoms with Crippen molar-refractivity contribution in [3.05, 3.63) is 75.8 Å². The van der Waals surface area contributed by atoms with Crippen molar-refractivity contribution in [3.63, 3.8) is 0 Å². The molecule has 0 fully saturated rings. The first-order valence-electron chi connectivity index (χ1n) is 6.20. The molecular formula is C17H13BrO2. The van der Waals surface area contributed by atoms with E-state index in [0.29, 0.717) is 12.0 Å². The van der Waals surface area contributed by atoms with Crippen LogP contribution in [0.1, 0.15) is 21.5 Å². The fraction of sp³-hybridized carbons (Fsp3) is 0.0588. The second-order valence-electron chi connectivity index (χ2n) is 4.27. The van der Waals surface area contributed by atoms with Crippen molar-refractivity contribution in [1.29, 1.82) is 0 Å². The normalized spacial score (nSPS) is 10.7. The third kappa shape index (κ3) is 3.75. The fourth-order valence-corrected chi connectivity index (χ4v) is 2.11. The van der Waals surface area contributed by atoms with Crippen molar-refractivity contribution in [2.75, 3.05) is 0 Å². The fourth-order valence-electron chi connectivity index (χ4n) is 1.85. The molecule has 3 heteroatoms. The molecule has 0 aromatic heterocycles. The summed E-state index contributed by atoms with van der Waals surface area (Å²) >= 11 is 3.33. The van der Waals surface area contributed by atoms with Gasteiger partial charge in [0.25, 0.3) is 0 Å². The molecule has 0 saturated heterocycles. The van der Waals surface area contributed by atoms with Gasteiger partial charge in [0.1, 0.15) is 6.29 Å². The molecule has 0 spiro atoms. The summed E-state index contributed by atoms with van der Waals surface area (Å²) in [6, 6.07) is 14.8. The molecule has 0 bridgehead atoms. The smallest absolute Gasteiger partial charge is 0.185 e. The Morgan fingerprint density at radius 1 is 1.05 bits per heavy atom. The summed E-state index contributed by atoms with van der Waals surface area (Å²) < 4.78 is 0.939. The first kappa shape index (κ1) is 14.4. The summed E-state index contributed by atoms with van der Waals surface area (Å²) in [5, 5.41) is 0. The van der Waals surface area contributed by atoms with Crippen molar-refractivity contribution >= 4 is 34.1 Å².